The summed E-state index contributed by atoms with van der Waals surface area (Å²) in [7, 11) is -5.58. The molecule has 0 radical (unpaired) electrons. The van der Waals surface area contributed by atoms with Crippen molar-refractivity contribution in [2.24, 2.45) is 5.16 Å². The van der Waals surface area contributed by atoms with Gasteiger partial charge in [-0.3, -0.25) is 9.08 Å². The maximum atomic E-state index is 15.1. The summed E-state index contributed by atoms with van der Waals surface area (Å²) in [6.07, 6.45) is 10.5. The average Bonchev–Trinajstić information content (AvgIpc) is 3.08. The Kier molecular flexibility index (Phi) is 13.6. The molecule has 4 aromatic rings. The molecule has 0 saturated heterocycles. The van der Waals surface area contributed by atoms with E-state index in [0.29, 0.717) is 23.6 Å². The molecule has 0 unspecified atom stereocenters. The molecule has 0 aromatic heterocycles. The van der Waals surface area contributed by atoms with Crippen molar-refractivity contribution in [3.05, 3.63) is 107 Å². The third-order valence-electron chi connectivity index (χ3n) is 8.05. The summed E-state index contributed by atoms with van der Waals surface area (Å²) in [6.45, 7) is 4.03. The van der Waals surface area contributed by atoms with Gasteiger partial charge in [0.05, 0.1) is 4.90 Å². The number of thioether (sulfide) groups is 1. The zero-order valence-electron chi connectivity index (χ0n) is 27.0. The molecular weight excluding hydrogens is 663 g/mol. The van der Waals surface area contributed by atoms with Gasteiger partial charge in [0.15, 0.2) is 33.9 Å². The quantitative estimate of drug-likeness (QED) is 0.0196. The molecule has 0 spiro atoms. The van der Waals surface area contributed by atoms with Crippen molar-refractivity contribution < 1.29 is 35.1 Å². The molecule has 5 nitrogen and oxygen atoms in total. The molecule has 0 aliphatic rings. The summed E-state index contributed by atoms with van der Waals surface area (Å²) in [5.41, 5.74) is 0.690. The monoisotopic (exact) mass is 701 g/mol. The summed E-state index contributed by atoms with van der Waals surface area (Å²) in [5, 5.41) is 4.84. The molecule has 0 aliphatic carbocycles. The molecule has 0 N–H and O–H groups in total. The fraction of sp³-hybridized carbons (Fsp3) is 0.351. The van der Waals surface area contributed by atoms with Crippen LogP contribution in [0.3, 0.4) is 0 Å². The van der Waals surface area contributed by atoms with Gasteiger partial charge >= 0.3 is 10.1 Å². The van der Waals surface area contributed by atoms with Gasteiger partial charge in [0, 0.05) is 11.1 Å². The first-order chi connectivity index (χ1) is 23.1. The second kappa shape index (κ2) is 17.6. The first-order valence-electron chi connectivity index (χ1n) is 16.2. The molecule has 4 rings (SSSR count). The van der Waals surface area contributed by atoms with Crippen molar-refractivity contribution in [2.75, 3.05) is 5.75 Å². The van der Waals surface area contributed by atoms with Crippen LogP contribution in [0.2, 0.25) is 0 Å². The molecule has 4 aromatic carbocycles. The number of unbranched alkanes of at least 4 members (excludes halogenated alkanes) is 9. The van der Waals surface area contributed by atoms with Gasteiger partial charge in [0.1, 0.15) is 0 Å². The summed E-state index contributed by atoms with van der Waals surface area (Å²) in [4.78, 5) is 10.9. The van der Waals surface area contributed by atoms with Crippen LogP contribution in [-0.4, -0.2) is 25.7 Å². The van der Waals surface area contributed by atoms with Crippen LogP contribution in [0.15, 0.2) is 81.7 Å². The normalized spacial score (nSPS) is 12.1. The van der Waals surface area contributed by atoms with Crippen LogP contribution in [0.1, 0.15) is 92.6 Å². The van der Waals surface area contributed by atoms with Crippen LogP contribution in [-0.2, 0) is 14.4 Å². The number of halogens is 4. The number of oxime groups is 1. The minimum Gasteiger partial charge on any atom is -0.287 e. The molecule has 0 saturated carbocycles. The number of benzene rings is 4. The molecule has 0 fully saturated rings. The van der Waals surface area contributed by atoms with E-state index in [-0.39, 0.29) is 16.9 Å². The van der Waals surface area contributed by atoms with Crippen LogP contribution < -0.4 is 0 Å². The van der Waals surface area contributed by atoms with E-state index in [1.807, 2.05) is 13.0 Å². The third kappa shape index (κ3) is 9.05. The van der Waals surface area contributed by atoms with Crippen molar-refractivity contribution >= 4 is 44.1 Å². The minimum atomic E-state index is -5.58. The van der Waals surface area contributed by atoms with E-state index in [4.69, 9.17) is 0 Å². The Morgan fingerprint density at radius 3 is 1.85 bits per heavy atom. The van der Waals surface area contributed by atoms with Gasteiger partial charge in [-0.25, -0.2) is 17.6 Å². The van der Waals surface area contributed by atoms with E-state index in [9.17, 15) is 13.2 Å². The molecule has 0 atom stereocenters. The van der Waals surface area contributed by atoms with E-state index < -0.39 is 54.7 Å². The Labute approximate surface area is 283 Å². The van der Waals surface area contributed by atoms with Crippen LogP contribution >= 0.6 is 11.8 Å². The molecule has 11 heteroatoms. The van der Waals surface area contributed by atoms with Gasteiger partial charge in [-0.15, -0.1) is 11.8 Å². The molecule has 0 aliphatic heterocycles. The van der Waals surface area contributed by atoms with E-state index in [1.54, 1.807) is 48.5 Å². The number of carbonyl (C=O) groups excluding carboxylic acids is 1. The molecule has 48 heavy (non-hydrogen) atoms. The predicted octanol–water partition coefficient (Wildman–Crippen LogP) is 10.7. The number of carbonyl (C=O) groups is 1. The molecular formula is C37H39F4NO4S2. The van der Waals surface area contributed by atoms with E-state index in [1.165, 1.54) is 44.2 Å². The van der Waals surface area contributed by atoms with Crippen LogP contribution in [0.4, 0.5) is 17.6 Å². The van der Waals surface area contributed by atoms with Crippen molar-refractivity contribution in [1.29, 1.82) is 0 Å². The second-order valence-corrected chi connectivity index (χ2v) is 14.2. The Balaban J connectivity index is 1.52. The number of nitrogens with zero attached hydrogens (tertiary/aromatic N) is 1. The predicted molar refractivity (Wildman–Crippen MR) is 183 cm³/mol. The Morgan fingerprint density at radius 2 is 1.25 bits per heavy atom. The Morgan fingerprint density at radius 1 is 0.708 bits per heavy atom. The Hall–Kier alpha value is -3.70. The summed E-state index contributed by atoms with van der Waals surface area (Å²) < 4.78 is 91.0. The average molecular weight is 702 g/mol. The third-order valence-corrected chi connectivity index (χ3v) is 10.3. The number of Topliss-reactive ketones (excluding diaryl/α,β-unsaturated/α-hetero) is 1. The molecule has 0 heterocycles. The fourth-order valence-electron chi connectivity index (χ4n) is 5.42. The van der Waals surface area contributed by atoms with Gasteiger partial charge in [-0.05, 0) is 35.4 Å². The summed E-state index contributed by atoms with van der Waals surface area (Å²) in [6, 6.07) is 18.0. The van der Waals surface area contributed by atoms with Crippen molar-refractivity contribution in [3.63, 3.8) is 0 Å². The highest BCUT2D eigenvalue weighted by atomic mass is 32.2. The zero-order chi connectivity index (χ0) is 34.7. The lowest BCUT2D eigenvalue weighted by Gasteiger charge is -2.12. The largest absolute Gasteiger partial charge is 0.364 e. The van der Waals surface area contributed by atoms with Crippen LogP contribution in [0.5, 0.6) is 0 Å². The highest BCUT2D eigenvalue weighted by Gasteiger charge is 2.35. The number of ketones is 1. The Bertz CT molecular complexity index is 1840. The van der Waals surface area contributed by atoms with E-state index >= 15 is 17.6 Å². The lowest BCUT2D eigenvalue weighted by molar-refractivity contribution is 0.106. The smallest absolute Gasteiger partial charge is 0.287 e. The highest BCUT2D eigenvalue weighted by molar-refractivity contribution is 7.99. The van der Waals surface area contributed by atoms with Crippen molar-refractivity contribution in [3.8, 4) is 0 Å². The first kappa shape index (κ1) is 37.1. The number of hydrogen-bond donors (Lipinski definition) is 0. The SMILES string of the molecule is CCCCCCCCCCCCSc1c(F)c(F)c(S(=O)(=O)O/N=C(/C(=O)c2ccc(C)c3ccccc23)c2ccccc2)c(F)c1F. The van der Waals surface area contributed by atoms with E-state index in [0.717, 1.165) is 36.6 Å². The maximum absolute atomic E-state index is 15.1. The van der Waals surface area contributed by atoms with Crippen molar-refractivity contribution in [1.82, 2.24) is 0 Å². The molecule has 0 amide bonds. The zero-order valence-corrected chi connectivity index (χ0v) is 28.7. The molecule has 256 valence electrons. The van der Waals surface area contributed by atoms with Gasteiger partial charge in [-0.1, -0.05) is 137 Å². The summed E-state index contributed by atoms with van der Waals surface area (Å²) in [5.74, 6) is -8.51. The van der Waals surface area contributed by atoms with Gasteiger partial charge < -0.3 is 0 Å². The standard InChI is InChI=1S/C37H39F4NO4S2/c1-3-4-5-6-7-8-9-10-11-17-24-47-36-30(38)32(40)37(33(41)31(36)39)48(44,45)46-42-34(26-18-13-12-14-19-26)35(43)29-23-22-25(2)27-20-15-16-21-28(27)29/h12-16,18-23H,3-11,17,24H2,1-2H3/b42-34+. The number of fused-ring (bicyclic) bond motifs is 1. The van der Waals surface area contributed by atoms with Gasteiger partial charge in [-0.2, -0.15) is 8.42 Å². The van der Waals surface area contributed by atoms with E-state index in [2.05, 4.69) is 16.4 Å². The van der Waals surface area contributed by atoms with Crippen molar-refractivity contribution in [2.45, 2.75) is 87.8 Å². The van der Waals surface area contributed by atoms with Crippen LogP contribution in [0.25, 0.3) is 10.8 Å². The fourth-order valence-corrected chi connectivity index (χ4v) is 7.27. The van der Waals surface area contributed by atoms with Gasteiger partial charge in [0.25, 0.3) is 0 Å². The summed E-state index contributed by atoms with van der Waals surface area (Å²) >= 11 is 0.580. The lowest BCUT2D eigenvalue weighted by atomic mass is 9.94. The number of rotatable bonds is 18. The minimum absolute atomic E-state index is 0.138. The highest BCUT2D eigenvalue weighted by Crippen LogP contribution is 2.35. The lowest BCUT2D eigenvalue weighted by Crippen LogP contribution is -2.19. The second-order valence-electron chi connectivity index (χ2n) is 11.6. The van der Waals surface area contributed by atoms with Gasteiger partial charge in [0.2, 0.25) is 5.78 Å². The first-order valence-corrected chi connectivity index (χ1v) is 18.6. The molecule has 0 bridgehead atoms. The topological polar surface area (TPSA) is 72.8 Å². The van der Waals surface area contributed by atoms with Crippen LogP contribution in [0, 0.1) is 30.2 Å². The maximum Gasteiger partial charge on any atom is 0.364 e. The number of aryl methyl sites for hydroxylation is 1. The number of hydrogen-bond acceptors (Lipinski definition) is 6.